The molecule has 3 rings (SSSR count). The molecule has 1 heterocycles. The third-order valence-electron chi connectivity index (χ3n) is 4.25. The van der Waals surface area contributed by atoms with Gasteiger partial charge in [-0.3, -0.25) is 4.90 Å². The van der Waals surface area contributed by atoms with Crippen molar-refractivity contribution in [3.05, 3.63) is 47.3 Å². The highest BCUT2D eigenvalue weighted by Gasteiger charge is 2.31. The third-order valence-corrected chi connectivity index (χ3v) is 4.25. The second-order valence-electron chi connectivity index (χ2n) is 5.95. The van der Waals surface area contributed by atoms with Crippen LogP contribution >= 0.6 is 0 Å². The average Bonchev–Trinajstić information content (AvgIpc) is 3.30. The summed E-state index contributed by atoms with van der Waals surface area (Å²) >= 11 is 0. The molecule has 0 amide bonds. The highest BCUT2D eigenvalue weighted by molar-refractivity contribution is 5.19. The summed E-state index contributed by atoms with van der Waals surface area (Å²) in [4.78, 5) is 2.23. The van der Waals surface area contributed by atoms with E-state index in [0.717, 1.165) is 30.1 Å². The van der Waals surface area contributed by atoms with E-state index in [1.165, 1.54) is 12.1 Å². The number of benzene rings is 1. The third kappa shape index (κ3) is 3.34. The van der Waals surface area contributed by atoms with Crippen molar-refractivity contribution in [3.8, 4) is 0 Å². The number of hydrogen-bond acceptors (Lipinski definition) is 4. The molecule has 1 atom stereocenters. The van der Waals surface area contributed by atoms with Crippen molar-refractivity contribution in [1.82, 2.24) is 19.7 Å². The van der Waals surface area contributed by atoms with E-state index >= 15 is 0 Å². The minimum absolute atomic E-state index is 0.287. The number of aromatic nitrogens is 3. The molecular formula is C16H21FN4O. The number of aliphatic hydroxyl groups excluding tert-OH is 1. The fourth-order valence-electron chi connectivity index (χ4n) is 2.57. The molecule has 0 spiro atoms. The van der Waals surface area contributed by atoms with Gasteiger partial charge in [-0.2, -0.15) is 0 Å². The van der Waals surface area contributed by atoms with Crippen LogP contribution in [0, 0.1) is 12.7 Å². The molecule has 0 saturated heterocycles. The van der Waals surface area contributed by atoms with Gasteiger partial charge in [-0.05, 0) is 37.5 Å². The first-order valence-corrected chi connectivity index (χ1v) is 7.57. The maximum absolute atomic E-state index is 13.0. The van der Waals surface area contributed by atoms with Crippen LogP contribution in [0.25, 0.3) is 0 Å². The molecule has 1 aliphatic carbocycles. The van der Waals surface area contributed by atoms with Crippen LogP contribution in [0.4, 0.5) is 4.39 Å². The van der Waals surface area contributed by atoms with E-state index < -0.39 is 6.10 Å². The average molecular weight is 304 g/mol. The van der Waals surface area contributed by atoms with Gasteiger partial charge in [-0.1, -0.05) is 12.1 Å². The van der Waals surface area contributed by atoms with E-state index in [9.17, 15) is 9.50 Å². The highest BCUT2D eigenvalue weighted by Crippen LogP contribution is 2.30. The van der Waals surface area contributed by atoms with Crippen LogP contribution in [0.2, 0.25) is 0 Å². The lowest BCUT2D eigenvalue weighted by Crippen LogP contribution is -2.31. The zero-order valence-corrected chi connectivity index (χ0v) is 12.9. The maximum atomic E-state index is 13.0. The van der Waals surface area contributed by atoms with Gasteiger partial charge in [0, 0.05) is 19.6 Å². The number of aliphatic hydroxyl groups is 1. The molecule has 1 unspecified atom stereocenters. The maximum Gasteiger partial charge on any atom is 0.146 e. The Kier molecular flexibility index (Phi) is 4.22. The summed E-state index contributed by atoms with van der Waals surface area (Å²) in [5.41, 5.74) is 0.737. The van der Waals surface area contributed by atoms with Gasteiger partial charge in [-0.15, -0.1) is 10.2 Å². The lowest BCUT2D eigenvalue weighted by atomic mass is 10.1. The highest BCUT2D eigenvalue weighted by atomic mass is 19.1. The summed E-state index contributed by atoms with van der Waals surface area (Å²) < 4.78 is 14.9. The van der Waals surface area contributed by atoms with E-state index in [0.29, 0.717) is 19.1 Å². The summed E-state index contributed by atoms with van der Waals surface area (Å²) in [7, 11) is 1.95. The Morgan fingerprint density at radius 2 is 2.00 bits per heavy atom. The molecule has 2 aromatic rings. The van der Waals surface area contributed by atoms with Crippen LogP contribution in [-0.2, 0) is 13.6 Å². The molecule has 118 valence electrons. The van der Waals surface area contributed by atoms with Crippen molar-refractivity contribution in [2.75, 3.05) is 6.54 Å². The van der Waals surface area contributed by atoms with Crippen LogP contribution in [0.1, 0.15) is 36.2 Å². The molecule has 5 nitrogen and oxygen atoms in total. The summed E-state index contributed by atoms with van der Waals surface area (Å²) in [5.74, 6) is 1.49. The SMILES string of the molecule is Cc1nnc(CN(CC(O)c2ccc(F)cc2)C2CC2)n1C. The van der Waals surface area contributed by atoms with E-state index in [4.69, 9.17) is 0 Å². The normalized spacial score (nSPS) is 16.2. The number of aryl methyl sites for hydroxylation is 1. The van der Waals surface area contributed by atoms with Crippen LogP contribution in [0.3, 0.4) is 0 Å². The standard InChI is InChI=1S/C16H21FN4O/c1-11-18-19-16(20(11)2)10-21(14-7-8-14)9-15(22)12-3-5-13(17)6-4-12/h3-6,14-15,22H,7-10H2,1-2H3. The van der Waals surface area contributed by atoms with Crippen LogP contribution in [-0.4, -0.2) is 37.4 Å². The zero-order chi connectivity index (χ0) is 15.7. The largest absolute Gasteiger partial charge is 0.387 e. The van der Waals surface area contributed by atoms with E-state index in [2.05, 4.69) is 15.1 Å². The van der Waals surface area contributed by atoms with Crippen LogP contribution < -0.4 is 0 Å². The molecule has 1 N–H and O–H groups in total. The lowest BCUT2D eigenvalue weighted by molar-refractivity contribution is 0.102. The molecule has 0 aliphatic heterocycles. The van der Waals surface area contributed by atoms with Crippen molar-refractivity contribution >= 4 is 0 Å². The molecular weight excluding hydrogens is 283 g/mol. The molecule has 1 saturated carbocycles. The lowest BCUT2D eigenvalue weighted by Gasteiger charge is -2.24. The second-order valence-corrected chi connectivity index (χ2v) is 5.95. The van der Waals surface area contributed by atoms with Crippen molar-refractivity contribution < 1.29 is 9.50 Å². The fraction of sp³-hybridized carbons (Fsp3) is 0.500. The fourth-order valence-corrected chi connectivity index (χ4v) is 2.57. The van der Waals surface area contributed by atoms with Gasteiger partial charge in [0.05, 0.1) is 12.6 Å². The smallest absolute Gasteiger partial charge is 0.146 e. The molecule has 22 heavy (non-hydrogen) atoms. The first-order chi connectivity index (χ1) is 10.5. The van der Waals surface area contributed by atoms with Gasteiger partial charge >= 0.3 is 0 Å². The van der Waals surface area contributed by atoms with Crippen LogP contribution in [0.15, 0.2) is 24.3 Å². The van der Waals surface area contributed by atoms with Crippen molar-refractivity contribution in [1.29, 1.82) is 0 Å². The monoisotopic (exact) mass is 304 g/mol. The van der Waals surface area contributed by atoms with Crippen LogP contribution in [0.5, 0.6) is 0 Å². The molecule has 1 aromatic carbocycles. The second kappa shape index (κ2) is 6.14. The number of halogens is 1. The predicted octanol–water partition coefficient (Wildman–Crippen LogP) is 1.96. The van der Waals surface area contributed by atoms with Gasteiger partial charge in [0.2, 0.25) is 0 Å². The molecule has 0 bridgehead atoms. The van der Waals surface area contributed by atoms with Crippen molar-refractivity contribution in [3.63, 3.8) is 0 Å². The Morgan fingerprint density at radius 3 is 2.55 bits per heavy atom. The first kappa shape index (κ1) is 15.1. The van der Waals surface area contributed by atoms with E-state index in [1.54, 1.807) is 12.1 Å². The molecule has 1 fully saturated rings. The predicted molar refractivity (Wildman–Crippen MR) is 80.5 cm³/mol. The summed E-state index contributed by atoms with van der Waals surface area (Å²) in [6, 6.07) is 6.53. The topological polar surface area (TPSA) is 54.2 Å². The van der Waals surface area contributed by atoms with Gasteiger partial charge in [0.1, 0.15) is 17.5 Å². The van der Waals surface area contributed by atoms with Crippen molar-refractivity contribution in [2.24, 2.45) is 7.05 Å². The Morgan fingerprint density at radius 1 is 1.32 bits per heavy atom. The number of rotatable bonds is 6. The molecule has 0 radical (unpaired) electrons. The molecule has 1 aliphatic rings. The van der Waals surface area contributed by atoms with Gasteiger partial charge in [-0.25, -0.2) is 4.39 Å². The van der Waals surface area contributed by atoms with E-state index in [-0.39, 0.29) is 5.82 Å². The zero-order valence-electron chi connectivity index (χ0n) is 12.9. The minimum Gasteiger partial charge on any atom is -0.387 e. The van der Waals surface area contributed by atoms with Gasteiger partial charge in [0.15, 0.2) is 0 Å². The molecule has 6 heteroatoms. The Balaban J connectivity index is 1.69. The first-order valence-electron chi connectivity index (χ1n) is 7.57. The minimum atomic E-state index is -0.629. The summed E-state index contributed by atoms with van der Waals surface area (Å²) in [5, 5.41) is 18.7. The Labute approximate surface area is 129 Å². The Bertz CT molecular complexity index is 636. The van der Waals surface area contributed by atoms with Gasteiger partial charge < -0.3 is 9.67 Å². The van der Waals surface area contributed by atoms with Crippen molar-refractivity contribution in [2.45, 2.75) is 38.5 Å². The Hall–Kier alpha value is -1.79. The van der Waals surface area contributed by atoms with Gasteiger partial charge in [0.25, 0.3) is 0 Å². The summed E-state index contributed by atoms with van der Waals surface area (Å²) in [6.45, 7) is 3.10. The quantitative estimate of drug-likeness (QED) is 0.886. The van der Waals surface area contributed by atoms with E-state index in [1.807, 2.05) is 18.5 Å². The summed E-state index contributed by atoms with van der Waals surface area (Å²) in [6.07, 6.45) is 1.66. The number of hydrogen-bond donors (Lipinski definition) is 1. The molecule has 1 aromatic heterocycles. The number of nitrogens with zero attached hydrogens (tertiary/aromatic N) is 4.